The summed E-state index contributed by atoms with van der Waals surface area (Å²) < 4.78 is 24.4. The van der Waals surface area contributed by atoms with E-state index in [0.717, 1.165) is 35.1 Å². The van der Waals surface area contributed by atoms with Crippen molar-refractivity contribution < 1.29 is 13.2 Å². The number of benzene rings is 2. The number of rotatable bonds is 8. The van der Waals surface area contributed by atoms with Gasteiger partial charge in [-0.25, -0.2) is 13.4 Å². The lowest BCUT2D eigenvalue weighted by molar-refractivity contribution is 0.0983. The SMILES string of the molecule is CCN(CC)CCN(C(=O)c1ccc(S(C)(=O)=O)cc1)c1nc2c(C)ccc(Cl)c2s1. The standard InChI is InChI=1S/C22H26ClN3O3S2/c1-5-25(6-2)13-14-26(21(27)16-8-10-17(11-9-16)31(4,28)29)22-24-19-15(3)7-12-18(23)20(19)30-22/h7-12H,5-6,13-14H2,1-4H3. The Morgan fingerprint density at radius 2 is 1.71 bits per heavy atom. The van der Waals surface area contributed by atoms with Gasteiger partial charge in [-0.2, -0.15) is 0 Å². The number of sulfone groups is 1. The molecule has 0 aliphatic carbocycles. The minimum atomic E-state index is -3.33. The Hall–Kier alpha value is -2.00. The molecule has 0 fully saturated rings. The number of carbonyl (C=O) groups excluding carboxylic acids is 1. The summed E-state index contributed by atoms with van der Waals surface area (Å²) in [5, 5.41) is 1.19. The molecule has 0 N–H and O–H groups in total. The maximum Gasteiger partial charge on any atom is 0.260 e. The molecule has 1 aromatic heterocycles. The number of aromatic nitrogens is 1. The molecule has 9 heteroatoms. The number of nitrogens with zero attached hydrogens (tertiary/aromatic N) is 3. The van der Waals surface area contributed by atoms with Crippen LogP contribution in [-0.4, -0.2) is 56.6 Å². The lowest BCUT2D eigenvalue weighted by Crippen LogP contribution is -2.38. The van der Waals surface area contributed by atoms with Crippen LogP contribution in [0.15, 0.2) is 41.3 Å². The lowest BCUT2D eigenvalue weighted by atomic mass is 10.2. The van der Waals surface area contributed by atoms with Crippen LogP contribution in [-0.2, 0) is 9.84 Å². The van der Waals surface area contributed by atoms with Gasteiger partial charge in [0.05, 0.1) is 20.1 Å². The van der Waals surface area contributed by atoms with E-state index in [9.17, 15) is 13.2 Å². The van der Waals surface area contributed by atoms with Crippen molar-refractivity contribution in [2.75, 3.05) is 37.3 Å². The molecule has 0 atom stereocenters. The Kier molecular flexibility index (Phi) is 7.36. The maximum atomic E-state index is 13.4. The molecule has 1 amide bonds. The summed E-state index contributed by atoms with van der Waals surface area (Å²) in [6.45, 7) is 9.06. The minimum Gasteiger partial charge on any atom is -0.302 e. The van der Waals surface area contributed by atoms with E-state index in [1.807, 2.05) is 19.1 Å². The quantitative estimate of drug-likeness (QED) is 0.470. The van der Waals surface area contributed by atoms with Gasteiger partial charge >= 0.3 is 0 Å². The molecule has 31 heavy (non-hydrogen) atoms. The Labute approximate surface area is 192 Å². The highest BCUT2D eigenvalue weighted by atomic mass is 35.5. The molecule has 0 saturated carbocycles. The zero-order valence-electron chi connectivity index (χ0n) is 18.1. The van der Waals surface area contributed by atoms with Crippen LogP contribution in [0.3, 0.4) is 0 Å². The van der Waals surface area contributed by atoms with Crippen molar-refractivity contribution in [2.24, 2.45) is 0 Å². The van der Waals surface area contributed by atoms with Crippen LogP contribution in [0.5, 0.6) is 0 Å². The van der Waals surface area contributed by atoms with Crippen LogP contribution in [0.4, 0.5) is 5.13 Å². The lowest BCUT2D eigenvalue weighted by Gasteiger charge is -2.24. The van der Waals surface area contributed by atoms with Gasteiger partial charge in [0, 0.05) is 24.9 Å². The monoisotopic (exact) mass is 479 g/mol. The summed E-state index contributed by atoms with van der Waals surface area (Å²) in [7, 11) is -3.33. The van der Waals surface area contributed by atoms with E-state index in [1.54, 1.807) is 17.0 Å². The Bertz CT molecular complexity index is 1150. The second-order valence-electron chi connectivity index (χ2n) is 7.32. The summed E-state index contributed by atoms with van der Waals surface area (Å²) >= 11 is 7.77. The van der Waals surface area contributed by atoms with E-state index in [2.05, 4.69) is 18.7 Å². The molecule has 1 heterocycles. The molecule has 3 aromatic rings. The molecule has 0 radical (unpaired) electrons. The second kappa shape index (κ2) is 9.65. The van der Waals surface area contributed by atoms with Crippen LogP contribution in [0, 0.1) is 6.92 Å². The number of hydrogen-bond acceptors (Lipinski definition) is 6. The van der Waals surface area contributed by atoms with Gasteiger partial charge in [0.15, 0.2) is 15.0 Å². The number of fused-ring (bicyclic) bond motifs is 1. The Morgan fingerprint density at radius 1 is 1.06 bits per heavy atom. The molecule has 0 saturated heterocycles. The van der Waals surface area contributed by atoms with E-state index < -0.39 is 9.84 Å². The van der Waals surface area contributed by atoms with Gasteiger partial charge in [0.2, 0.25) is 0 Å². The number of likely N-dealkylation sites (N-methyl/N-ethyl adjacent to an activating group) is 1. The zero-order chi connectivity index (χ0) is 22.8. The maximum absolute atomic E-state index is 13.4. The highest BCUT2D eigenvalue weighted by molar-refractivity contribution is 7.90. The molecule has 0 bridgehead atoms. The average Bonchev–Trinajstić information content (AvgIpc) is 3.19. The number of amides is 1. The third-order valence-electron chi connectivity index (χ3n) is 5.23. The van der Waals surface area contributed by atoms with Gasteiger partial charge in [0.25, 0.3) is 5.91 Å². The van der Waals surface area contributed by atoms with Gasteiger partial charge in [-0.05, 0) is 55.9 Å². The Morgan fingerprint density at radius 3 is 2.26 bits per heavy atom. The number of thiazole rings is 1. The summed E-state index contributed by atoms with van der Waals surface area (Å²) in [5.74, 6) is -0.222. The van der Waals surface area contributed by atoms with Crippen LogP contribution < -0.4 is 4.90 Å². The van der Waals surface area contributed by atoms with Gasteiger partial charge < -0.3 is 4.90 Å². The van der Waals surface area contributed by atoms with Crippen LogP contribution in [0.2, 0.25) is 5.02 Å². The molecule has 2 aromatic carbocycles. The van der Waals surface area contributed by atoms with Gasteiger partial charge in [-0.1, -0.05) is 42.9 Å². The third-order valence-corrected chi connectivity index (χ3v) is 7.89. The fraction of sp³-hybridized carbons (Fsp3) is 0.364. The van der Waals surface area contributed by atoms with Crippen LogP contribution in [0.25, 0.3) is 10.2 Å². The first-order valence-electron chi connectivity index (χ1n) is 10.1. The van der Waals surface area contributed by atoms with E-state index in [0.29, 0.717) is 28.8 Å². The molecule has 0 spiro atoms. The van der Waals surface area contributed by atoms with E-state index in [4.69, 9.17) is 16.6 Å². The molecular formula is C22H26ClN3O3S2. The summed E-state index contributed by atoms with van der Waals surface area (Å²) in [6, 6.07) is 9.78. The molecule has 0 aliphatic rings. The van der Waals surface area contributed by atoms with E-state index in [1.165, 1.54) is 23.5 Å². The smallest absolute Gasteiger partial charge is 0.260 e. The minimum absolute atomic E-state index is 0.182. The predicted octanol–water partition coefficient (Wildman–Crippen LogP) is 4.65. The van der Waals surface area contributed by atoms with Crippen molar-refractivity contribution in [3.05, 3.63) is 52.5 Å². The topological polar surface area (TPSA) is 70.6 Å². The fourth-order valence-electron chi connectivity index (χ4n) is 3.27. The van der Waals surface area contributed by atoms with Crippen LogP contribution in [0.1, 0.15) is 29.8 Å². The van der Waals surface area contributed by atoms with Gasteiger partial charge in [-0.15, -0.1) is 0 Å². The molecule has 0 aliphatic heterocycles. The summed E-state index contributed by atoms with van der Waals surface area (Å²) in [6.07, 6.45) is 1.15. The predicted molar refractivity (Wildman–Crippen MR) is 128 cm³/mol. The molecule has 6 nitrogen and oxygen atoms in total. The van der Waals surface area contributed by atoms with Crippen molar-refractivity contribution in [3.63, 3.8) is 0 Å². The second-order valence-corrected chi connectivity index (χ2v) is 10.7. The van der Waals surface area contributed by atoms with Crippen molar-refractivity contribution in [1.82, 2.24) is 9.88 Å². The van der Waals surface area contributed by atoms with Gasteiger partial charge in [0.1, 0.15) is 0 Å². The molecule has 166 valence electrons. The fourth-order valence-corrected chi connectivity index (χ4v) is 5.24. The molecular weight excluding hydrogens is 454 g/mol. The van der Waals surface area contributed by atoms with E-state index in [-0.39, 0.29) is 10.8 Å². The van der Waals surface area contributed by atoms with Crippen molar-refractivity contribution in [3.8, 4) is 0 Å². The number of carbonyl (C=O) groups is 1. The molecule has 0 unspecified atom stereocenters. The zero-order valence-corrected chi connectivity index (χ0v) is 20.4. The van der Waals surface area contributed by atoms with Crippen molar-refractivity contribution in [1.29, 1.82) is 0 Å². The number of aryl methyl sites for hydroxylation is 1. The highest BCUT2D eigenvalue weighted by Crippen LogP contribution is 2.36. The largest absolute Gasteiger partial charge is 0.302 e. The third kappa shape index (κ3) is 5.26. The first kappa shape index (κ1) is 23.7. The number of halogens is 1. The first-order chi connectivity index (χ1) is 14.7. The van der Waals surface area contributed by atoms with Crippen molar-refractivity contribution in [2.45, 2.75) is 25.7 Å². The normalized spacial score (nSPS) is 11.9. The highest BCUT2D eigenvalue weighted by Gasteiger charge is 2.23. The first-order valence-corrected chi connectivity index (χ1v) is 13.1. The molecule has 3 rings (SSSR count). The van der Waals surface area contributed by atoms with Gasteiger partial charge in [-0.3, -0.25) is 9.69 Å². The average molecular weight is 480 g/mol. The van der Waals surface area contributed by atoms with Crippen molar-refractivity contribution >= 4 is 54.0 Å². The van der Waals surface area contributed by atoms with Crippen LogP contribution >= 0.6 is 22.9 Å². The number of hydrogen-bond donors (Lipinski definition) is 0. The van der Waals surface area contributed by atoms with E-state index >= 15 is 0 Å². The summed E-state index contributed by atoms with van der Waals surface area (Å²) in [5.41, 5.74) is 2.20. The summed E-state index contributed by atoms with van der Waals surface area (Å²) in [4.78, 5) is 22.2. The number of anilines is 1. The Balaban J connectivity index is 2.01.